The standard InChI is InChI=1S/C19H29N5.HI/c1-5-20-19(22-8-9-24-14-17(4)13-23-24)21-7-6-18-11-15(2)10-16(3)12-18;/h10-14H,5-9H2,1-4H3,(H2,20,21,22);1H. The highest BCUT2D eigenvalue weighted by Gasteiger charge is 2.00. The molecule has 5 nitrogen and oxygen atoms in total. The molecule has 0 aliphatic rings. The zero-order valence-corrected chi connectivity index (χ0v) is 18.0. The molecule has 0 bridgehead atoms. The van der Waals surface area contributed by atoms with Gasteiger partial charge in [-0.3, -0.25) is 9.67 Å². The first-order chi connectivity index (χ1) is 11.6. The number of nitrogens with one attached hydrogen (secondary N) is 2. The van der Waals surface area contributed by atoms with Crippen LogP contribution in [0.2, 0.25) is 0 Å². The summed E-state index contributed by atoms with van der Waals surface area (Å²) < 4.78 is 1.95. The summed E-state index contributed by atoms with van der Waals surface area (Å²) in [5.41, 5.74) is 5.16. The van der Waals surface area contributed by atoms with Gasteiger partial charge in [0, 0.05) is 25.8 Å². The van der Waals surface area contributed by atoms with E-state index in [0.29, 0.717) is 0 Å². The van der Waals surface area contributed by atoms with E-state index in [-0.39, 0.29) is 24.0 Å². The summed E-state index contributed by atoms with van der Waals surface area (Å²) in [7, 11) is 0. The molecule has 0 aliphatic carbocycles. The van der Waals surface area contributed by atoms with Crippen LogP contribution in [0.4, 0.5) is 0 Å². The third-order valence-corrected chi connectivity index (χ3v) is 3.69. The van der Waals surface area contributed by atoms with Gasteiger partial charge in [0.05, 0.1) is 12.7 Å². The lowest BCUT2D eigenvalue weighted by Crippen LogP contribution is -2.39. The lowest BCUT2D eigenvalue weighted by molar-refractivity contribution is 0.597. The van der Waals surface area contributed by atoms with Crippen molar-refractivity contribution in [2.24, 2.45) is 4.99 Å². The van der Waals surface area contributed by atoms with Gasteiger partial charge in [-0.15, -0.1) is 24.0 Å². The molecule has 0 saturated carbocycles. The van der Waals surface area contributed by atoms with Crippen molar-refractivity contribution in [1.29, 1.82) is 0 Å². The molecule has 0 unspecified atom stereocenters. The second kappa shape index (κ2) is 11.1. The third kappa shape index (κ3) is 7.90. The lowest BCUT2D eigenvalue weighted by atomic mass is 10.1. The van der Waals surface area contributed by atoms with Crippen molar-refractivity contribution < 1.29 is 0 Å². The number of aliphatic imine (C=N–C) groups is 1. The summed E-state index contributed by atoms with van der Waals surface area (Å²) in [6, 6.07) is 6.68. The molecule has 2 N–H and O–H groups in total. The van der Waals surface area contributed by atoms with Gasteiger partial charge in [0.15, 0.2) is 5.96 Å². The predicted octanol–water partition coefficient (Wildman–Crippen LogP) is 3.22. The predicted molar refractivity (Wildman–Crippen MR) is 116 cm³/mol. The van der Waals surface area contributed by atoms with E-state index >= 15 is 0 Å². The molecule has 0 radical (unpaired) electrons. The molecule has 0 spiro atoms. The quantitative estimate of drug-likeness (QED) is 0.383. The largest absolute Gasteiger partial charge is 0.357 e. The van der Waals surface area contributed by atoms with Gasteiger partial charge in [-0.2, -0.15) is 5.10 Å². The van der Waals surface area contributed by atoms with Crippen molar-refractivity contribution >= 4 is 29.9 Å². The summed E-state index contributed by atoms with van der Waals surface area (Å²) in [6.07, 6.45) is 4.88. The smallest absolute Gasteiger partial charge is 0.191 e. The molecule has 0 saturated heterocycles. The van der Waals surface area contributed by atoms with E-state index in [0.717, 1.165) is 38.6 Å². The highest BCUT2D eigenvalue weighted by atomic mass is 127. The first-order valence-corrected chi connectivity index (χ1v) is 8.65. The first-order valence-electron chi connectivity index (χ1n) is 8.65. The number of rotatable bonds is 7. The van der Waals surface area contributed by atoms with E-state index in [1.807, 2.05) is 17.1 Å². The Balaban J connectivity index is 0.00000312. The number of aryl methyl sites for hydroxylation is 3. The van der Waals surface area contributed by atoms with Crippen LogP contribution in [0.1, 0.15) is 29.2 Å². The van der Waals surface area contributed by atoms with Crippen LogP contribution in [0, 0.1) is 20.8 Å². The maximum atomic E-state index is 4.67. The van der Waals surface area contributed by atoms with Crippen LogP contribution in [0.25, 0.3) is 0 Å². The summed E-state index contributed by atoms with van der Waals surface area (Å²) in [5.74, 6) is 0.866. The van der Waals surface area contributed by atoms with Crippen LogP contribution in [0.3, 0.4) is 0 Å². The fraction of sp³-hybridized carbons (Fsp3) is 0.474. The van der Waals surface area contributed by atoms with Crippen LogP contribution in [0.5, 0.6) is 0 Å². The minimum atomic E-state index is 0. The fourth-order valence-electron chi connectivity index (χ4n) is 2.73. The number of nitrogens with zero attached hydrogens (tertiary/aromatic N) is 3. The third-order valence-electron chi connectivity index (χ3n) is 3.69. The Morgan fingerprint density at radius 3 is 2.40 bits per heavy atom. The van der Waals surface area contributed by atoms with E-state index < -0.39 is 0 Å². The van der Waals surface area contributed by atoms with Crippen molar-refractivity contribution in [1.82, 2.24) is 20.4 Å². The number of aromatic nitrogens is 2. The van der Waals surface area contributed by atoms with Gasteiger partial charge < -0.3 is 10.6 Å². The molecule has 138 valence electrons. The van der Waals surface area contributed by atoms with Crippen LogP contribution >= 0.6 is 24.0 Å². The second-order valence-corrected chi connectivity index (χ2v) is 6.21. The average molecular weight is 455 g/mol. The number of hydrogen-bond donors (Lipinski definition) is 2. The van der Waals surface area contributed by atoms with Gasteiger partial charge in [0.1, 0.15) is 0 Å². The molecule has 0 aliphatic heterocycles. The van der Waals surface area contributed by atoms with E-state index in [4.69, 9.17) is 0 Å². The van der Waals surface area contributed by atoms with Crippen LogP contribution in [0.15, 0.2) is 35.6 Å². The van der Waals surface area contributed by atoms with Gasteiger partial charge in [-0.25, -0.2) is 0 Å². The molecule has 1 aromatic heterocycles. The van der Waals surface area contributed by atoms with E-state index in [2.05, 4.69) is 66.6 Å². The molecule has 6 heteroatoms. The Morgan fingerprint density at radius 1 is 1.08 bits per heavy atom. The Kier molecular flexibility index (Phi) is 9.55. The Bertz CT molecular complexity index is 658. The SMILES string of the molecule is CCNC(=NCCc1cc(C)cc(C)c1)NCCn1cc(C)cn1.I. The fourth-order valence-corrected chi connectivity index (χ4v) is 2.73. The highest BCUT2D eigenvalue weighted by molar-refractivity contribution is 14.0. The molecule has 25 heavy (non-hydrogen) atoms. The molecule has 0 fully saturated rings. The van der Waals surface area contributed by atoms with Crippen molar-refractivity contribution in [2.75, 3.05) is 19.6 Å². The van der Waals surface area contributed by atoms with E-state index in [1.165, 1.54) is 22.3 Å². The van der Waals surface area contributed by atoms with Gasteiger partial charge >= 0.3 is 0 Å². The molecular weight excluding hydrogens is 425 g/mol. The number of guanidine groups is 1. The normalized spacial score (nSPS) is 11.1. The maximum Gasteiger partial charge on any atom is 0.191 e. The minimum absolute atomic E-state index is 0. The highest BCUT2D eigenvalue weighted by Crippen LogP contribution is 2.09. The van der Waals surface area contributed by atoms with Gasteiger partial charge in [-0.05, 0) is 45.2 Å². The Hall–Kier alpha value is -1.57. The summed E-state index contributed by atoms with van der Waals surface area (Å²) in [5, 5.41) is 11.0. The molecule has 2 aromatic rings. The van der Waals surface area contributed by atoms with Gasteiger partial charge in [-0.1, -0.05) is 29.3 Å². The molecule has 1 heterocycles. The second-order valence-electron chi connectivity index (χ2n) is 6.21. The van der Waals surface area contributed by atoms with Crippen molar-refractivity contribution in [3.8, 4) is 0 Å². The van der Waals surface area contributed by atoms with E-state index in [9.17, 15) is 0 Å². The Labute approximate surface area is 168 Å². The van der Waals surface area contributed by atoms with E-state index in [1.54, 1.807) is 0 Å². The van der Waals surface area contributed by atoms with Crippen molar-refractivity contribution in [2.45, 2.75) is 40.7 Å². The van der Waals surface area contributed by atoms with Crippen LogP contribution in [-0.2, 0) is 13.0 Å². The summed E-state index contributed by atoms with van der Waals surface area (Å²) in [4.78, 5) is 4.67. The zero-order chi connectivity index (χ0) is 17.4. The summed E-state index contributed by atoms with van der Waals surface area (Å²) in [6.45, 7) is 11.7. The topological polar surface area (TPSA) is 54.2 Å². The number of benzene rings is 1. The molecule has 1 aromatic carbocycles. The minimum Gasteiger partial charge on any atom is -0.357 e. The van der Waals surface area contributed by atoms with Gasteiger partial charge in [0.25, 0.3) is 0 Å². The van der Waals surface area contributed by atoms with Crippen molar-refractivity contribution in [3.05, 3.63) is 52.8 Å². The van der Waals surface area contributed by atoms with Crippen LogP contribution < -0.4 is 10.6 Å². The average Bonchev–Trinajstić information content (AvgIpc) is 2.92. The lowest BCUT2D eigenvalue weighted by Gasteiger charge is -2.11. The Morgan fingerprint density at radius 2 is 1.80 bits per heavy atom. The first kappa shape index (κ1) is 21.5. The molecule has 2 rings (SSSR count). The van der Waals surface area contributed by atoms with Crippen molar-refractivity contribution in [3.63, 3.8) is 0 Å². The monoisotopic (exact) mass is 455 g/mol. The molecule has 0 amide bonds. The summed E-state index contributed by atoms with van der Waals surface area (Å²) >= 11 is 0. The zero-order valence-electron chi connectivity index (χ0n) is 15.7. The molecule has 0 atom stereocenters. The molecular formula is C19H30IN5. The maximum absolute atomic E-state index is 4.67. The number of halogens is 1. The van der Waals surface area contributed by atoms with Crippen LogP contribution in [-0.4, -0.2) is 35.4 Å². The van der Waals surface area contributed by atoms with Gasteiger partial charge in [0.2, 0.25) is 0 Å². The number of hydrogen-bond acceptors (Lipinski definition) is 2.